The van der Waals surface area contributed by atoms with Gasteiger partial charge in [-0.1, -0.05) is 18.2 Å². The van der Waals surface area contributed by atoms with Crippen LogP contribution in [0.4, 0.5) is 11.4 Å². The fraction of sp³-hybridized carbons (Fsp3) is 0.120. The Labute approximate surface area is 199 Å². The van der Waals surface area contributed by atoms with Gasteiger partial charge in [0.1, 0.15) is 5.75 Å². The second kappa shape index (κ2) is 9.96. The fourth-order valence-electron chi connectivity index (χ4n) is 3.43. The average molecular weight is 472 g/mol. The zero-order valence-corrected chi connectivity index (χ0v) is 18.8. The molecule has 0 fully saturated rings. The zero-order valence-electron chi connectivity index (χ0n) is 18.8. The Morgan fingerprint density at radius 1 is 1.06 bits per heavy atom. The van der Waals surface area contributed by atoms with E-state index in [9.17, 15) is 19.7 Å². The van der Waals surface area contributed by atoms with Crippen molar-refractivity contribution in [3.8, 4) is 17.0 Å². The van der Waals surface area contributed by atoms with Crippen molar-refractivity contribution in [3.63, 3.8) is 0 Å². The molecule has 0 radical (unpaired) electrons. The minimum absolute atomic E-state index is 0.0870. The molecule has 1 atom stereocenters. The van der Waals surface area contributed by atoms with Gasteiger partial charge in [0, 0.05) is 35.5 Å². The van der Waals surface area contributed by atoms with Crippen molar-refractivity contribution in [1.82, 2.24) is 9.97 Å². The summed E-state index contributed by atoms with van der Waals surface area (Å²) in [7, 11) is 1.37. The van der Waals surface area contributed by atoms with E-state index in [1.165, 1.54) is 32.2 Å². The maximum Gasteiger partial charge on any atom is 0.339 e. The third-order valence-corrected chi connectivity index (χ3v) is 5.22. The molecule has 0 aliphatic carbocycles. The second-order valence-electron chi connectivity index (χ2n) is 7.49. The Kier molecular flexibility index (Phi) is 6.63. The van der Waals surface area contributed by atoms with Crippen LogP contribution in [-0.2, 0) is 9.53 Å². The van der Waals surface area contributed by atoms with Crippen LogP contribution in [0.15, 0.2) is 73.1 Å². The first kappa shape index (κ1) is 23.3. The Bertz CT molecular complexity index is 1420. The monoisotopic (exact) mass is 472 g/mol. The van der Waals surface area contributed by atoms with Crippen molar-refractivity contribution in [3.05, 3.63) is 88.7 Å². The minimum Gasteiger partial charge on any atom is -0.495 e. The molecule has 2 aromatic heterocycles. The molecule has 0 saturated carbocycles. The van der Waals surface area contributed by atoms with Crippen LogP contribution in [0, 0.1) is 10.1 Å². The SMILES string of the molecule is COc1ccc([N+](=O)[O-])cc1NC(=O)C(C)OC(=O)c1cc(-c2ccncc2)nc2ccccc12. The molecular weight excluding hydrogens is 452 g/mol. The number of nitrogens with one attached hydrogen (secondary N) is 1. The number of pyridine rings is 2. The maximum atomic E-state index is 13.1. The van der Waals surface area contributed by atoms with Crippen LogP contribution in [-0.4, -0.2) is 40.0 Å². The first-order valence-electron chi connectivity index (χ1n) is 10.5. The van der Waals surface area contributed by atoms with Crippen molar-refractivity contribution in [2.75, 3.05) is 12.4 Å². The van der Waals surface area contributed by atoms with E-state index in [2.05, 4.69) is 15.3 Å². The van der Waals surface area contributed by atoms with Crippen molar-refractivity contribution in [2.45, 2.75) is 13.0 Å². The molecule has 10 nitrogen and oxygen atoms in total. The lowest BCUT2D eigenvalue weighted by Gasteiger charge is -2.16. The molecule has 0 saturated heterocycles. The predicted molar refractivity (Wildman–Crippen MR) is 128 cm³/mol. The molecule has 1 amide bonds. The molecule has 0 spiro atoms. The predicted octanol–water partition coefficient (Wildman–Crippen LogP) is 4.40. The third-order valence-electron chi connectivity index (χ3n) is 5.22. The number of esters is 1. The summed E-state index contributed by atoms with van der Waals surface area (Å²) in [6.45, 7) is 1.41. The van der Waals surface area contributed by atoms with Crippen LogP contribution in [0.3, 0.4) is 0 Å². The summed E-state index contributed by atoms with van der Waals surface area (Å²) < 4.78 is 10.6. The molecule has 0 bridgehead atoms. The quantitative estimate of drug-likeness (QED) is 0.238. The van der Waals surface area contributed by atoms with Gasteiger partial charge in [-0.3, -0.25) is 19.9 Å². The number of para-hydroxylation sites is 1. The first-order valence-corrected chi connectivity index (χ1v) is 10.5. The van der Waals surface area contributed by atoms with Crippen molar-refractivity contribution < 1.29 is 24.0 Å². The van der Waals surface area contributed by atoms with Gasteiger partial charge < -0.3 is 14.8 Å². The number of non-ortho nitro benzene ring substituents is 1. The van der Waals surface area contributed by atoms with Crippen LogP contribution in [0.5, 0.6) is 5.75 Å². The summed E-state index contributed by atoms with van der Waals surface area (Å²) in [6, 6.07) is 16.1. The van der Waals surface area contributed by atoms with Gasteiger partial charge in [-0.25, -0.2) is 9.78 Å². The van der Waals surface area contributed by atoms with Gasteiger partial charge >= 0.3 is 5.97 Å². The number of anilines is 1. The van der Waals surface area contributed by atoms with E-state index in [1.807, 2.05) is 6.07 Å². The number of hydrogen-bond acceptors (Lipinski definition) is 8. The molecular formula is C25H20N4O6. The highest BCUT2D eigenvalue weighted by atomic mass is 16.6. The molecule has 1 unspecified atom stereocenters. The number of nitro benzene ring substituents is 1. The van der Waals surface area contributed by atoms with Gasteiger partial charge in [0.2, 0.25) is 0 Å². The number of fused-ring (bicyclic) bond motifs is 1. The molecule has 0 aliphatic rings. The molecule has 1 N–H and O–H groups in total. The van der Waals surface area contributed by atoms with Crippen molar-refractivity contribution in [2.24, 2.45) is 0 Å². The highest BCUT2D eigenvalue weighted by Gasteiger charge is 2.23. The van der Waals surface area contributed by atoms with Gasteiger partial charge in [0.05, 0.1) is 34.5 Å². The lowest BCUT2D eigenvalue weighted by molar-refractivity contribution is -0.384. The van der Waals surface area contributed by atoms with Crippen LogP contribution in [0.1, 0.15) is 17.3 Å². The van der Waals surface area contributed by atoms with E-state index in [4.69, 9.17) is 9.47 Å². The number of methoxy groups -OCH3 is 1. The van der Waals surface area contributed by atoms with E-state index in [-0.39, 0.29) is 22.7 Å². The Balaban J connectivity index is 1.59. The van der Waals surface area contributed by atoms with E-state index in [0.29, 0.717) is 16.6 Å². The number of benzene rings is 2. The standard InChI is InChI=1S/C25H20N4O6/c1-15(24(30)28-22-13-17(29(32)33)7-8-23(22)34-2)35-25(31)19-14-21(16-9-11-26-12-10-16)27-20-6-4-3-5-18(19)20/h3-15H,1-2H3,(H,28,30). The summed E-state index contributed by atoms with van der Waals surface area (Å²) in [6.07, 6.45) is 2.04. The van der Waals surface area contributed by atoms with E-state index >= 15 is 0 Å². The van der Waals surface area contributed by atoms with Gasteiger partial charge in [0.25, 0.3) is 11.6 Å². The van der Waals surface area contributed by atoms with Crippen LogP contribution in [0.25, 0.3) is 22.2 Å². The second-order valence-corrected chi connectivity index (χ2v) is 7.49. The summed E-state index contributed by atoms with van der Waals surface area (Å²) in [5.74, 6) is -1.16. The lowest BCUT2D eigenvalue weighted by Crippen LogP contribution is -2.30. The van der Waals surface area contributed by atoms with E-state index in [1.54, 1.807) is 48.8 Å². The van der Waals surface area contributed by atoms with Gasteiger partial charge in [-0.15, -0.1) is 0 Å². The Hall–Kier alpha value is -4.86. The minimum atomic E-state index is -1.21. The average Bonchev–Trinajstić information content (AvgIpc) is 2.88. The number of hydrogen-bond donors (Lipinski definition) is 1. The van der Waals surface area contributed by atoms with E-state index in [0.717, 1.165) is 5.56 Å². The number of ether oxygens (including phenoxy) is 2. The molecule has 2 aromatic carbocycles. The van der Waals surface area contributed by atoms with Crippen LogP contribution >= 0.6 is 0 Å². The number of aromatic nitrogens is 2. The number of carbonyl (C=O) groups is 2. The first-order chi connectivity index (χ1) is 16.9. The molecule has 10 heteroatoms. The number of carbonyl (C=O) groups excluding carboxylic acids is 2. The maximum absolute atomic E-state index is 13.1. The highest BCUT2D eigenvalue weighted by Crippen LogP contribution is 2.29. The molecule has 4 aromatic rings. The molecule has 4 rings (SSSR count). The molecule has 0 aliphatic heterocycles. The third kappa shape index (κ3) is 5.06. The van der Waals surface area contributed by atoms with E-state index < -0.39 is 22.9 Å². The number of rotatable bonds is 7. The number of amides is 1. The normalized spacial score (nSPS) is 11.5. The smallest absolute Gasteiger partial charge is 0.339 e. The number of nitro groups is 1. The van der Waals surface area contributed by atoms with Crippen LogP contribution in [0.2, 0.25) is 0 Å². The van der Waals surface area contributed by atoms with Crippen molar-refractivity contribution >= 4 is 34.2 Å². The molecule has 2 heterocycles. The van der Waals surface area contributed by atoms with Crippen molar-refractivity contribution in [1.29, 1.82) is 0 Å². The number of nitrogens with zero attached hydrogens (tertiary/aromatic N) is 3. The molecule has 35 heavy (non-hydrogen) atoms. The van der Waals surface area contributed by atoms with Gasteiger partial charge in [-0.2, -0.15) is 0 Å². The summed E-state index contributed by atoms with van der Waals surface area (Å²) in [4.78, 5) is 45.0. The lowest BCUT2D eigenvalue weighted by atomic mass is 10.0. The topological polar surface area (TPSA) is 134 Å². The summed E-state index contributed by atoms with van der Waals surface area (Å²) in [5, 5.41) is 14.2. The molecule has 176 valence electrons. The summed E-state index contributed by atoms with van der Waals surface area (Å²) in [5.41, 5.74) is 2.02. The Morgan fingerprint density at radius 3 is 2.51 bits per heavy atom. The zero-order chi connectivity index (χ0) is 24.9. The van der Waals surface area contributed by atoms with Gasteiger partial charge in [-0.05, 0) is 37.3 Å². The highest BCUT2D eigenvalue weighted by molar-refractivity contribution is 6.06. The van der Waals surface area contributed by atoms with Crippen LogP contribution < -0.4 is 10.1 Å². The largest absolute Gasteiger partial charge is 0.495 e. The fourth-order valence-corrected chi connectivity index (χ4v) is 3.43. The summed E-state index contributed by atoms with van der Waals surface area (Å²) >= 11 is 0. The Morgan fingerprint density at radius 2 is 1.80 bits per heavy atom. The van der Waals surface area contributed by atoms with Gasteiger partial charge in [0.15, 0.2) is 6.10 Å².